The van der Waals surface area contributed by atoms with Crippen LogP contribution in [0.5, 0.6) is 0 Å². The number of hydrogen-bond acceptors (Lipinski definition) is 2. The lowest BCUT2D eigenvalue weighted by Gasteiger charge is -2.45. The largest absolute Gasteiger partial charge is 0.312 e. The summed E-state index contributed by atoms with van der Waals surface area (Å²) in [4.78, 5) is 2.93. The summed E-state index contributed by atoms with van der Waals surface area (Å²) in [5.74, 6) is 1.53. The Morgan fingerprint density at radius 2 is 1.26 bits per heavy atom. The number of nitrogens with zero attached hydrogens (tertiary/aromatic N) is 1. The Labute approximate surface area is 186 Å². The molecule has 4 aliphatic rings. The Morgan fingerprint density at radius 1 is 0.710 bits per heavy atom. The minimum absolute atomic E-state index is 0.149. The molecule has 4 fully saturated rings. The molecule has 3 aromatic carbocycles. The van der Waals surface area contributed by atoms with Crippen molar-refractivity contribution in [2.45, 2.75) is 49.9 Å². The van der Waals surface area contributed by atoms with Gasteiger partial charge < -0.3 is 5.32 Å². The third kappa shape index (κ3) is 3.43. The summed E-state index contributed by atoms with van der Waals surface area (Å²) in [5.41, 5.74) is 4.53. The minimum Gasteiger partial charge on any atom is -0.312 e. The number of piperidine rings is 2. The van der Waals surface area contributed by atoms with Gasteiger partial charge in [-0.2, -0.15) is 0 Å². The average molecular weight is 409 g/mol. The van der Waals surface area contributed by atoms with Crippen LogP contribution in [-0.4, -0.2) is 29.1 Å². The normalized spacial score (nSPS) is 28.6. The van der Waals surface area contributed by atoms with Crippen LogP contribution in [0.25, 0.3) is 0 Å². The molecule has 0 spiro atoms. The van der Waals surface area contributed by atoms with Gasteiger partial charge in [-0.05, 0) is 60.8 Å². The second-order valence-corrected chi connectivity index (χ2v) is 9.99. The first-order valence-electron chi connectivity index (χ1n) is 11.9. The molecule has 2 nitrogen and oxygen atoms in total. The van der Waals surface area contributed by atoms with Crippen molar-refractivity contribution < 1.29 is 0 Å². The van der Waals surface area contributed by atoms with Gasteiger partial charge in [-0.25, -0.2) is 0 Å². The van der Waals surface area contributed by atoms with E-state index in [2.05, 4.69) is 101 Å². The first-order valence-corrected chi connectivity index (χ1v) is 11.9. The van der Waals surface area contributed by atoms with Crippen LogP contribution in [0.1, 0.15) is 29.5 Å². The molecule has 3 aromatic rings. The van der Waals surface area contributed by atoms with Gasteiger partial charge in [0.05, 0.1) is 0 Å². The lowest BCUT2D eigenvalue weighted by Crippen LogP contribution is -2.56. The summed E-state index contributed by atoms with van der Waals surface area (Å²) in [6, 6.07) is 34.9. The van der Waals surface area contributed by atoms with Crippen LogP contribution in [-0.2, 0) is 19.4 Å². The molecule has 1 saturated carbocycles. The molecule has 4 atom stereocenters. The van der Waals surface area contributed by atoms with Crippen LogP contribution >= 0.6 is 0 Å². The number of rotatable bonds is 6. The summed E-state index contributed by atoms with van der Waals surface area (Å²) in [5, 5.41) is 3.98. The molecule has 4 bridgehead atoms. The van der Waals surface area contributed by atoms with Crippen molar-refractivity contribution in [2.24, 2.45) is 11.8 Å². The maximum Gasteiger partial charge on any atom is 0.0340 e. The van der Waals surface area contributed by atoms with E-state index in [1.807, 2.05) is 0 Å². The number of hydrogen-bond donors (Lipinski definition) is 1. The zero-order valence-corrected chi connectivity index (χ0v) is 18.2. The van der Waals surface area contributed by atoms with Crippen LogP contribution in [0.2, 0.25) is 0 Å². The van der Waals surface area contributed by atoms with Gasteiger partial charge in [-0.1, -0.05) is 91.0 Å². The Hall–Kier alpha value is -2.42. The average Bonchev–Trinajstić information content (AvgIpc) is 3.00. The van der Waals surface area contributed by atoms with Crippen LogP contribution in [0.15, 0.2) is 91.0 Å². The monoisotopic (exact) mass is 408 g/mol. The Kier molecular flexibility index (Phi) is 4.93. The van der Waals surface area contributed by atoms with E-state index in [1.165, 1.54) is 36.1 Å². The van der Waals surface area contributed by atoms with Gasteiger partial charge in [0.15, 0.2) is 0 Å². The zero-order chi connectivity index (χ0) is 20.7. The molecule has 1 aliphatic carbocycles. The Bertz CT molecular complexity index is 959. The lowest BCUT2D eigenvalue weighted by atomic mass is 9.66. The molecule has 3 saturated heterocycles. The van der Waals surface area contributed by atoms with Crippen molar-refractivity contribution in [2.75, 3.05) is 6.54 Å². The highest BCUT2D eigenvalue weighted by Gasteiger charge is 2.62. The van der Waals surface area contributed by atoms with Crippen LogP contribution < -0.4 is 5.32 Å². The maximum absolute atomic E-state index is 3.98. The predicted molar refractivity (Wildman–Crippen MR) is 127 cm³/mol. The van der Waals surface area contributed by atoms with Gasteiger partial charge in [-0.3, -0.25) is 4.90 Å². The second kappa shape index (κ2) is 7.93. The highest BCUT2D eigenvalue weighted by molar-refractivity contribution is 5.30. The van der Waals surface area contributed by atoms with E-state index >= 15 is 0 Å². The smallest absolute Gasteiger partial charge is 0.0340 e. The van der Waals surface area contributed by atoms with Gasteiger partial charge in [0.25, 0.3) is 0 Å². The number of likely N-dealkylation sites (tertiary alicyclic amines) is 1. The van der Waals surface area contributed by atoms with Crippen molar-refractivity contribution in [1.82, 2.24) is 10.2 Å². The standard InChI is InChI=1S/C29H32N2/c1-4-10-22(11-5-1)18-29(19-23-12-6-2-7-13-23)26-16-25-17-27(28(26)30-20-25)31(29)21-24-14-8-3-9-15-24/h1-15,25-28,30H,16-21H2. The van der Waals surface area contributed by atoms with Gasteiger partial charge in [-0.15, -0.1) is 0 Å². The summed E-state index contributed by atoms with van der Waals surface area (Å²) in [7, 11) is 0. The van der Waals surface area contributed by atoms with Crippen LogP contribution in [0, 0.1) is 11.8 Å². The molecular weight excluding hydrogens is 376 g/mol. The fourth-order valence-corrected chi connectivity index (χ4v) is 7.01. The molecule has 7 rings (SSSR count). The summed E-state index contributed by atoms with van der Waals surface area (Å²) in [6.45, 7) is 2.26. The predicted octanol–water partition coefficient (Wildman–Crippen LogP) is 5.09. The van der Waals surface area contributed by atoms with Crippen LogP contribution in [0.4, 0.5) is 0 Å². The fourth-order valence-electron chi connectivity index (χ4n) is 7.01. The van der Waals surface area contributed by atoms with Crippen molar-refractivity contribution in [3.63, 3.8) is 0 Å². The van der Waals surface area contributed by atoms with Crippen LogP contribution in [0.3, 0.4) is 0 Å². The molecule has 0 aromatic heterocycles. The SMILES string of the molecule is c1ccc(CN2C3CC4CNC3C(C4)C2(Cc2ccccc2)Cc2ccccc2)cc1. The van der Waals surface area contributed by atoms with E-state index in [0.717, 1.165) is 25.3 Å². The molecule has 3 aliphatic heterocycles. The summed E-state index contributed by atoms with van der Waals surface area (Å²) in [6.07, 6.45) is 4.98. The van der Waals surface area contributed by atoms with E-state index in [1.54, 1.807) is 0 Å². The topological polar surface area (TPSA) is 15.3 Å². The minimum atomic E-state index is 0.149. The zero-order valence-electron chi connectivity index (χ0n) is 18.2. The molecular formula is C29H32N2. The Morgan fingerprint density at radius 3 is 1.81 bits per heavy atom. The quantitative estimate of drug-likeness (QED) is 0.611. The Balaban J connectivity index is 1.46. The van der Waals surface area contributed by atoms with Gasteiger partial charge >= 0.3 is 0 Å². The van der Waals surface area contributed by atoms with Gasteiger partial charge in [0.1, 0.15) is 0 Å². The highest BCUT2D eigenvalue weighted by atomic mass is 15.3. The molecule has 0 radical (unpaired) electrons. The van der Waals surface area contributed by atoms with E-state index in [4.69, 9.17) is 0 Å². The highest BCUT2D eigenvalue weighted by Crippen LogP contribution is 2.54. The van der Waals surface area contributed by atoms with Crippen molar-refractivity contribution in [3.8, 4) is 0 Å². The molecule has 3 heterocycles. The van der Waals surface area contributed by atoms with Crippen molar-refractivity contribution >= 4 is 0 Å². The summed E-state index contributed by atoms with van der Waals surface area (Å²) >= 11 is 0. The molecule has 31 heavy (non-hydrogen) atoms. The first-order chi connectivity index (χ1) is 15.3. The summed E-state index contributed by atoms with van der Waals surface area (Å²) < 4.78 is 0. The van der Waals surface area contributed by atoms with Crippen molar-refractivity contribution in [3.05, 3.63) is 108 Å². The third-order valence-corrected chi connectivity index (χ3v) is 8.22. The third-order valence-electron chi connectivity index (χ3n) is 8.22. The molecule has 0 amide bonds. The number of nitrogens with one attached hydrogen (secondary N) is 1. The van der Waals surface area contributed by atoms with E-state index < -0.39 is 0 Å². The maximum atomic E-state index is 3.98. The van der Waals surface area contributed by atoms with Gasteiger partial charge in [0.2, 0.25) is 0 Å². The fraction of sp³-hybridized carbons (Fsp3) is 0.379. The van der Waals surface area contributed by atoms with E-state index in [9.17, 15) is 0 Å². The lowest BCUT2D eigenvalue weighted by molar-refractivity contribution is 0.0725. The van der Waals surface area contributed by atoms with E-state index in [-0.39, 0.29) is 5.54 Å². The van der Waals surface area contributed by atoms with Gasteiger partial charge in [0, 0.05) is 24.2 Å². The second-order valence-electron chi connectivity index (χ2n) is 9.99. The van der Waals surface area contributed by atoms with E-state index in [0.29, 0.717) is 18.0 Å². The van der Waals surface area contributed by atoms with Crippen molar-refractivity contribution in [1.29, 1.82) is 0 Å². The molecule has 2 heteroatoms. The molecule has 1 N–H and O–H groups in total. The molecule has 4 unspecified atom stereocenters. The first kappa shape index (κ1) is 19.3. The molecule has 158 valence electrons. The number of benzene rings is 3. The number of fused-ring (bicyclic) bond motifs is 1.